The number of aryl methyl sites for hydroxylation is 1. The van der Waals surface area contributed by atoms with Crippen LogP contribution in [0.4, 0.5) is 14.5 Å². The lowest BCUT2D eigenvalue weighted by molar-refractivity contribution is -0.119. The summed E-state index contributed by atoms with van der Waals surface area (Å²) in [6.07, 6.45) is 0. The van der Waals surface area contributed by atoms with Gasteiger partial charge in [0, 0.05) is 0 Å². The standard InChI is InChI=1S/C17H18F2N2O2/c1-12-3-2-4-14(9-12)23-8-7-20-17(22)11-21-16-10-13(18)5-6-15(16)19/h2-6,9-10,21H,7-8,11H2,1H3,(H,20,22). The average Bonchev–Trinajstić information content (AvgIpc) is 2.52. The third kappa shape index (κ3) is 5.58. The van der Waals surface area contributed by atoms with E-state index in [0.29, 0.717) is 13.2 Å². The highest BCUT2D eigenvalue weighted by atomic mass is 19.1. The van der Waals surface area contributed by atoms with Crippen LogP contribution in [0.15, 0.2) is 42.5 Å². The van der Waals surface area contributed by atoms with E-state index in [-0.39, 0.29) is 18.1 Å². The van der Waals surface area contributed by atoms with E-state index in [1.807, 2.05) is 31.2 Å². The molecular formula is C17H18F2N2O2. The number of benzene rings is 2. The summed E-state index contributed by atoms with van der Waals surface area (Å²) in [6.45, 7) is 2.46. The Morgan fingerprint density at radius 1 is 1.17 bits per heavy atom. The Morgan fingerprint density at radius 2 is 2.00 bits per heavy atom. The number of carbonyl (C=O) groups is 1. The normalized spacial score (nSPS) is 10.2. The molecule has 0 bridgehead atoms. The molecule has 0 aliphatic carbocycles. The van der Waals surface area contributed by atoms with Gasteiger partial charge in [0.25, 0.3) is 0 Å². The first-order valence-electron chi connectivity index (χ1n) is 7.19. The lowest BCUT2D eigenvalue weighted by Gasteiger charge is -2.10. The molecule has 0 heterocycles. The molecule has 1 amide bonds. The van der Waals surface area contributed by atoms with Crippen LogP contribution in [0.3, 0.4) is 0 Å². The predicted octanol–water partition coefficient (Wildman–Crippen LogP) is 2.88. The Morgan fingerprint density at radius 3 is 2.78 bits per heavy atom. The fourth-order valence-corrected chi connectivity index (χ4v) is 1.94. The van der Waals surface area contributed by atoms with Crippen LogP contribution < -0.4 is 15.4 Å². The quantitative estimate of drug-likeness (QED) is 0.771. The number of carbonyl (C=O) groups excluding carboxylic acids is 1. The van der Waals surface area contributed by atoms with Gasteiger partial charge in [0.1, 0.15) is 24.0 Å². The number of hydrogen-bond acceptors (Lipinski definition) is 3. The molecule has 4 nitrogen and oxygen atoms in total. The van der Waals surface area contributed by atoms with E-state index in [2.05, 4.69) is 10.6 Å². The van der Waals surface area contributed by atoms with Gasteiger partial charge in [-0.1, -0.05) is 12.1 Å². The molecule has 0 saturated heterocycles. The summed E-state index contributed by atoms with van der Waals surface area (Å²) in [7, 11) is 0. The van der Waals surface area contributed by atoms with E-state index >= 15 is 0 Å². The minimum absolute atomic E-state index is 0.0452. The lowest BCUT2D eigenvalue weighted by atomic mass is 10.2. The van der Waals surface area contributed by atoms with Gasteiger partial charge in [0.15, 0.2) is 0 Å². The summed E-state index contributed by atoms with van der Waals surface area (Å²) >= 11 is 0. The second-order valence-corrected chi connectivity index (χ2v) is 4.99. The minimum atomic E-state index is -0.609. The van der Waals surface area contributed by atoms with E-state index in [4.69, 9.17) is 4.74 Å². The highest BCUT2D eigenvalue weighted by Crippen LogP contribution is 2.14. The van der Waals surface area contributed by atoms with Crippen LogP contribution >= 0.6 is 0 Å². The molecule has 0 saturated carbocycles. The Labute approximate surface area is 133 Å². The maximum absolute atomic E-state index is 13.4. The zero-order valence-electron chi connectivity index (χ0n) is 12.7. The number of rotatable bonds is 7. The molecule has 0 aliphatic heterocycles. The van der Waals surface area contributed by atoms with Gasteiger partial charge in [-0.2, -0.15) is 0 Å². The molecule has 2 aromatic carbocycles. The zero-order chi connectivity index (χ0) is 16.7. The highest BCUT2D eigenvalue weighted by Gasteiger charge is 2.06. The van der Waals surface area contributed by atoms with Gasteiger partial charge < -0.3 is 15.4 Å². The van der Waals surface area contributed by atoms with Crippen molar-refractivity contribution in [2.45, 2.75) is 6.92 Å². The predicted molar refractivity (Wildman–Crippen MR) is 84.5 cm³/mol. The second-order valence-electron chi connectivity index (χ2n) is 4.99. The third-order valence-electron chi connectivity index (χ3n) is 3.05. The highest BCUT2D eigenvalue weighted by molar-refractivity contribution is 5.80. The molecule has 6 heteroatoms. The first kappa shape index (κ1) is 16.7. The number of amides is 1. The molecule has 122 valence electrons. The van der Waals surface area contributed by atoms with Crippen molar-refractivity contribution in [2.24, 2.45) is 0 Å². The van der Waals surface area contributed by atoms with E-state index in [1.165, 1.54) is 0 Å². The molecule has 0 spiro atoms. The first-order valence-corrected chi connectivity index (χ1v) is 7.19. The largest absolute Gasteiger partial charge is 0.492 e. The van der Waals surface area contributed by atoms with Crippen LogP contribution in [-0.4, -0.2) is 25.6 Å². The van der Waals surface area contributed by atoms with Crippen molar-refractivity contribution in [3.05, 3.63) is 59.7 Å². The summed E-state index contributed by atoms with van der Waals surface area (Å²) in [5, 5.41) is 5.18. The molecular weight excluding hydrogens is 302 g/mol. The Bertz CT molecular complexity index is 677. The van der Waals surface area contributed by atoms with Crippen LogP contribution in [0.25, 0.3) is 0 Å². The van der Waals surface area contributed by atoms with Gasteiger partial charge in [-0.3, -0.25) is 4.79 Å². The van der Waals surface area contributed by atoms with Crippen molar-refractivity contribution in [2.75, 3.05) is 25.0 Å². The molecule has 2 aromatic rings. The monoisotopic (exact) mass is 320 g/mol. The molecule has 0 aromatic heterocycles. The van der Waals surface area contributed by atoms with Crippen molar-refractivity contribution in [3.8, 4) is 5.75 Å². The van der Waals surface area contributed by atoms with Gasteiger partial charge in [0.2, 0.25) is 5.91 Å². The van der Waals surface area contributed by atoms with Crippen molar-refractivity contribution in [1.29, 1.82) is 0 Å². The Kier molecular flexibility index (Phi) is 5.91. The smallest absolute Gasteiger partial charge is 0.239 e. The average molecular weight is 320 g/mol. The maximum Gasteiger partial charge on any atom is 0.239 e. The fraction of sp³-hybridized carbons (Fsp3) is 0.235. The Balaban J connectivity index is 1.68. The van der Waals surface area contributed by atoms with E-state index in [0.717, 1.165) is 29.5 Å². The van der Waals surface area contributed by atoms with Gasteiger partial charge in [0.05, 0.1) is 18.8 Å². The van der Waals surface area contributed by atoms with E-state index in [9.17, 15) is 13.6 Å². The summed E-state index contributed by atoms with van der Waals surface area (Å²) in [5.74, 6) is -0.774. The van der Waals surface area contributed by atoms with Gasteiger partial charge in [-0.05, 0) is 42.8 Å². The molecule has 0 aliphatic rings. The van der Waals surface area contributed by atoms with Crippen molar-refractivity contribution >= 4 is 11.6 Å². The third-order valence-corrected chi connectivity index (χ3v) is 3.05. The molecule has 2 N–H and O–H groups in total. The zero-order valence-corrected chi connectivity index (χ0v) is 12.7. The van der Waals surface area contributed by atoms with Gasteiger partial charge in [-0.25, -0.2) is 8.78 Å². The van der Waals surface area contributed by atoms with Gasteiger partial charge in [-0.15, -0.1) is 0 Å². The summed E-state index contributed by atoms with van der Waals surface area (Å²) < 4.78 is 31.8. The summed E-state index contributed by atoms with van der Waals surface area (Å²) in [5.41, 5.74) is 1.05. The van der Waals surface area contributed by atoms with Crippen LogP contribution in [0, 0.1) is 18.6 Å². The van der Waals surface area contributed by atoms with Crippen molar-refractivity contribution < 1.29 is 18.3 Å². The van der Waals surface area contributed by atoms with E-state index < -0.39 is 11.6 Å². The topological polar surface area (TPSA) is 50.4 Å². The molecule has 0 radical (unpaired) electrons. The number of hydrogen-bond donors (Lipinski definition) is 2. The van der Waals surface area contributed by atoms with Gasteiger partial charge >= 0.3 is 0 Å². The Hall–Kier alpha value is -2.63. The summed E-state index contributed by atoms with van der Waals surface area (Å²) in [4.78, 5) is 11.6. The van der Waals surface area contributed by atoms with Crippen molar-refractivity contribution in [1.82, 2.24) is 5.32 Å². The first-order chi connectivity index (χ1) is 11.0. The maximum atomic E-state index is 13.4. The molecule has 0 fully saturated rings. The fourth-order valence-electron chi connectivity index (χ4n) is 1.94. The van der Waals surface area contributed by atoms with Crippen molar-refractivity contribution in [3.63, 3.8) is 0 Å². The number of halogens is 2. The number of nitrogens with one attached hydrogen (secondary N) is 2. The molecule has 0 unspecified atom stereocenters. The lowest BCUT2D eigenvalue weighted by Crippen LogP contribution is -2.33. The molecule has 23 heavy (non-hydrogen) atoms. The van der Waals surface area contributed by atoms with Crippen LogP contribution in [0.5, 0.6) is 5.75 Å². The SMILES string of the molecule is Cc1cccc(OCCNC(=O)CNc2cc(F)ccc2F)c1. The van der Waals surface area contributed by atoms with E-state index in [1.54, 1.807) is 0 Å². The summed E-state index contributed by atoms with van der Waals surface area (Å²) in [6, 6.07) is 10.6. The van der Waals surface area contributed by atoms with Crippen LogP contribution in [0.2, 0.25) is 0 Å². The molecule has 2 rings (SSSR count). The second kappa shape index (κ2) is 8.12. The molecule has 0 atom stereocenters. The van der Waals surface area contributed by atoms with Crippen LogP contribution in [-0.2, 0) is 4.79 Å². The number of anilines is 1. The van der Waals surface area contributed by atoms with Crippen LogP contribution in [0.1, 0.15) is 5.56 Å². The minimum Gasteiger partial charge on any atom is -0.492 e. The number of ether oxygens (including phenoxy) is 1.